The van der Waals surface area contributed by atoms with Crippen LogP contribution in [0.3, 0.4) is 0 Å². The van der Waals surface area contributed by atoms with Crippen LogP contribution in [0.4, 0.5) is 0 Å². The third-order valence-corrected chi connectivity index (χ3v) is 1.50. The lowest BCUT2D eigenvalue weighted by Gasteiger charge is -2.07. The summed E-state index contributed by atoms with van der Waals surface area (Å²) in [7, 11) is 0. The van der Waals surface area contributed by atoms with Gasteiger partial charge in [0.1, 0.15) is 19.2 Å². The lowest BCUT2D eigenvalue weighted by molar-refractivity contribution is -0.121. The van der Waals surface area contributed by atoms with Gasteiger partial charge in [-0.15, -0.1) is 10.2 Å². The van der Waals surface area contributed by atoms with Gasteiger partial charge in [-0.3, -0.25) is 4.79 Å². The molecule has 72 valence electrons. The van der Waals surface area contributed by atoms with E-state index in [0.29, 0.717) is 19.0 Å². The topological polar surface area (TPSA) is 59.8 Å². The van der Waals surface area contributed by atoms with Crippen molar-refractivity contribution in [2.45, 2.75) is 20.4 Å². The SMILES string of the molecule is CC(C)CNC(=O)Cn1cnnc1. The number of nitrogens with zero attached hydrogens (tertiary/aromatic N) is 3. The maximum atomic E-state index is 11.2. The van der Waals surface area contributed by atoms with E-state index in [1.807, 2.05) is 0 Å². The van der Waals surface area contributed by atoms with Gasteiger partial charge in [-0.25, -0.2) is 0 Å². The molecule has 1 aromatic rings. The van der Waals surface area contributed by atoms with Crippen molar-refractivity contribution < 1.29 is 4.79 Å². The number of rotatable bonds is 4. The summed E-state index contributed by atoms with van der Waals surface area (Å²) >= 11 is 0. The number of carbonyl (C=O) groups excluding carboxylic acids is 1. The highest BCUT2D eigenvalue weighted by atomic mass is 16.1. The highest BCUT2D eigenvalue weighted by Gasteiger charge is 2.02. The Morgan fingerprint density at radius 2 is 2.08 bits per heavy atom. The molecule has 0 radical (unpaired) electrons. The van der Waals surface area contributed by atoms with Crippen molar-refractivity contribution in [2.75, 3.05) is 6.54 Å². The molecule has 0 aliphatic rings. The van der Waals surface area contributed by atoms with E-state index in [1.165, 1.54) is 12.7 Å². The van der Waals surface area contributed by atoms with Gasteiger partial charge in [0.2, 0.25) is 5.91 Å². The molecule has 1 rings (SSSR count). The fourth-order valence-corrected chi connectivity index (χ4v) is 0.843. The van der Waals surface area contributed by atoms with E-state index in [-0.39, 0.29) is 5.91 Å². The molecule has 0 saturated carbocycles. The first-order valence-corrected chi connectivity index (χ1v) is 4.27. The summed E-state index contributed by atoms with van der Waals surface area (Å²) in [5.41, 5.74) is 0. The van der Waals surface area contributed by atoms with Crippen LogP contribution in [0.5, 0.6) is 0 Å². The van der Waals surface area contributed by atoms with Gasteiger partial charge in [0, 0.05) is 6.54 Å². The van der Waals surface area contributed by atoms with Gasteiger partial charge < -0.3 is 9.88 Å². The number of amides is 1. The van der Waals surface area contributed by atoms with E-state index in [9.17, 15) is 4.79 Å². The molecule has 0 bridgehead atoms. The molecule has 0 aromatic carbocycles. The van der Waals surface area contributed by atoms with Gasteiger partial charge >= 0.3 is 0 Å². The summed E-state index contributed by atoms with van der Waals surface area (Å²) in [5.74, 6) is 0.471. The van der Waals surface area contributed by atoms with Crippen molar-refractivity contribution in [3.63, 3.8) is 0 Å². The minimum Gasteiger partial charge on any atom is -0.354 e. The van der Waals surface area contributed by atoms with E-state index >= 15 is 0 Å². The van der Waals surface area contributed by atoms with Crippen molar-refractivity contribution in [1.82, 2.24) is 20.1 Å². The molecule has 0 unspecified atom stereocenters. The molecular formula is C8H14N4O. The monoisotopic (exact) mass is 182 g/mol. The summed E-state index contributed by atoms with van der Waals surface area (Å²) in [6.45, 7) is 5.11. The van der Waals surface area contributed by atoms with Crippen LogP contribution in [0, 0.1) is 5.92 Å². The summed E-state index contributed by atoms with van der Waals surface area (Å²) in [6, 6.07) is 0. The van der Waals surface area contributed by atoms with Crippen LogP contribution in [0.2, 0.25) is 0 Å². The Balaban J connectivity index is 2.26. The van der Waals surface area contributed by atoms with Crippen LogP contribution < -0.4 is 5.32 Å². The van der Waals surface area contributed by atoms with Crippen molar-refractivity contribution in [1.29, 1.82) is 0 Å². The van der Waals surface area contributed by atoms with Crippen LogP contribution in [-0.4, -0.2) is 27.2 Å². The lowest BCUT2D eigenvalue weighted by atomic mass is 10.2. The molecule has 1 N–H and O–H groups in total. The van der Waals surface area contributed by atoms with Gasteiger partial charge in [-0.2, -0.15) is 0 Å². The maximum absolute atomic E-state index is 11.2. The van der Waals surface area contributed by atoms with Crippen LogP contribution in [0.1, 0.15) is 13.8 Å². The molecule has 1 aromatic heterocycles. The highest BCUT2D eigenvalue weighted by Crippen LogP contribution is 1.88. The van der Waals surface area contributed by atoms with Gasteiger partial charge in [-0.1, -0.05) is 13.8 Å². The molecule has 5 heteroatoms. The first kappa shape index (κ1) is 9.70. The largest absolute Gasteiger partial charge is 0.354 e. The molecule has 0 aliphatic carbocycles. The number of hydrogen-bond acceptors (Lipinski definition) is 3. The average Bonchev–Trinajstić information content (AvgIpc) is 2.53. The molecule has 0 atom stereocenters. The summed E-state index contributed by atoms with van der Waals surface area (Å²) in [6.07, 6.45) is 3.05. The predicted molar refractivity (Wildman–Crippen MR) is 47.9 cm³/mol. The second kappa shape index (κ2) is 4.59. The Kier molecular flexibility index (Phi) is 3.42. The molecule has 0 fully saturated rings. The normalized spacial score (nSPS) is 10.4. The van der Waals surface area contributed by atoms with Gasteiger partial charge in [-0.05, 0) is 5.92 Å². The zero-order valence-electron chi connectivity index (χ0n) is 7.90. The van der Waals surface area contributed by atoms with Crippen LogP contribution in [0.15, 0.2) is 12.7 Å². The molecular weight excluding hydrogens is 168 g/mol. The van der Waals surface area contributed by atoms with Crippen molar-refractivity contribution in [3.8, 4) is 0 Å². The smallest absolute Gasteiger partial charge is 0.240 e. The fraction of sp³-hybridized carbons (Fsp3) is 0.625. The first-order valence-electron chi connectivity index (χ1n) is 4.27. The molecule has 1 amide bonds. The molecule has 13 heavy (non-hydrogen) atoms. The summed E-state index contributed by atoms with van der Waals surface area (Å²) in [5, 5.41) is 10.0. The second-order valence-electron chi connectivity index (χ2n) is 3.33. The van der Waals surface area contributed by atoms with Crippen LogP contribution in [0.25, 0.3) is 0 Å². The standard InChI is InChI=1S/C8H14N4O/c1-7(2)3-9-8(13)4-12-5-10-11-6-12/h5-7H,3-4H2,1-2H3,(H,9,13). The van der Waals surface area contributed by atoms with E-state index < -0.39 is 0 Å². The van der Waals surface area contributed by atoms with Crippen molar-refractivity contribution in [2.24, 2.45) is 5.92 Å². The lowest BCUT2D eigenvalue weighted by Crippen LogP contribution is -2.30. The first-order chi connectivity index (χ1) is 6.18. The Bertz CT molecular complexity index is 255. The maximum Gasteiger partial charge on any atom is 0.240 e. The quantitative estimate of drug-likeness (QED) is 0.715. The minimum atomic E-state index is -0.00602. The summed E-state index contributed by atoms with van der Waals surface area (Å²) in [4.78, 5) is 11.2. The second-order valence-corrected chi connectivity index (χ2v) is 3.33. The Morgan fingerprint density at radius 3 is 2.62 bits per heavy atom. The minimum absolute atomic E-state index is 0.00602. The zero-order valence-corrected chi connectivity index (χ0v) is 7.90. The van der Waals surface area contributed by atoms with E-state index in [2.05, 4.69) is 29.4 Å². The third-order valence-electron chi connectivity index (χ3n) is 1.50. The Morgan fingerprint density at radius 1 is 1.46 bits per heavy atom. The molecule has 0 saturated heterocycles. The van der Waals surface area contributed by atoms with Crippen LogP contribution >= 0.6 is 0 Å². The molecule has 5 nitrogen and oxygen atoms in total. The Labute approximate surface area is 77.2 Å². The number of carbonyl (C=O) groups is 1. The number of aromatic nitrogens is 3. The van der Waals surface area contributed by atoms with Gasteiger partial charge in [0.25, 0.3) is 0 Å². The average molecular weight is 182 g/mol. The van der Waals surface area contributed by atoms with Gasteiger partial charge in [0.15, 0.2) is 0 Å². The van der Waals surface area contributed by atoms with Crippen molar-refractivity contribution in [3.05, 3.63) is 12.7 Å². The number of hydrogen-bond donors (Lipinski definition) is 1. The molecule has 0 aliphatic heterocycles. The van der Waals surface area contributed by atoms with E-state index in [4.69, 9.17) is 0 Å². The van der Waals surface area contributed by atoms with Gasteiger partial charge in [0.05, 0.1) is 0 Å². The predicted octanol–water partition coefficient (Wildman–Crippen LogP) is 0.0503. The Hall–Kier alpha value is -1.39. The third kappa shape index (κ3) is 3.68. The zero-order chi connectivity index (χ0) is 9.68. The van der Waals surface area contributed by atoms with Crippen LogP contribution in [-0.2, 0) is 11.3 Å². The number of nitrogens with one attached hydrogen (secondary N) is 1. The summed E-state index contributed by atoms with van der Waals surface area (Å²) < 4.78 is 1.63. The highest BCUT2D eigenvalue weighted by molar-refractivity contribution is 5.75. The molecule has 1 heterocycles. The fourth-order valence-electron chi connectivity index (χ4n) is 0.843. The molecule has 0 spiro atoms. The van der Waals surface area contributed by atoms with E-state index in [1.54, 1.807) is 4.57 Å². The van der Waals surface area contributed by atoms with Crippen molar-refractivity contribution >= 4 is 5.91 Å². The van der Waals surface area contributed by atoms with E-state index in [0.717, 1.165) is 0 Å².